The van der Waals surface area contributed by atoms with Gasteiger partial charge in [0, 0.05) is 123 Å². The summed E-state index contributed by atoms with van der Waals surface area (Å²) in [6.07, 6.45) is 12.4. The fraction of sp³-hybridized carbons (Fsp3) is 0.310. The molecule has 2 heterocycles. The quantitative estimate of drug-likeness (QED) is 0.00427. The first kappa shape index (κ1) is 75.4. The first-order valence-electron chi connectivity index (χ1n) is 35.7. The van der Waals surface area contributed by atoms with Crippen LogP contribution in [0, 0.1) is 0 Å². The molecule has 0 spiro atoms. The predicted octanol–water partition coefficient (Wildman–Crippen LogP) is 11.8. The van der Waals surface area contributed by atoms with Gasteiger partial charge < -0.3 is 30.9 Å². The molecule has 0 saturated carbocycles. The maximum Gasteiger partial charge on any atom is 0.305 e. The minimum absolute atomic E-state index is 0.112. The molecular formula is C84H98B2N7O8S+. The van der Waals surface area contributed by atoms with Crippen LogP contribution in [0.25, 0.3) is 27.1 Å². The highest BCUT2D eigenvalue weighted by Crippen LogP contribution is 2.48. The Morgan fingerprint density at radius 2 is 1.14 bits per heavy atom. The molecule has 10 rings (SSSR count). The van der Waals surface area contributed by atoms with Gasteiger partial charge in [-0.1, -0.05) is 186 Å². The molecule has 3 amide bonds. The van der Waals surface area contributed by atoms with E-state index in [0.717, 1.165) is 108 Å². The Morgan fingerprint density at radius 1 is 0.608 bits per heavy atom. The van der Waals surface area contributed by atoms with Crippen LogP contribution in [0.4, 0.5) is 11.4 Å². The second-order valence-electron chi connectivity index (χ2n) is 28.2. The van der Waals surface area contributed by atoms with Crippen LogP contribution in [0.1, 0.15) is 135 Å². The summed E-state index contributed by atoms with van der Waals surface area (Å²) in [5, 5.41) is 34.4. The Bertz CT molecular complexity index is 4670. The number of hydrogen-bond acceptors (Lipinski definition) is 10. The lowest BCUT2D eigenvalue weighted by molar-refractivity contribution is -0.438. The smallest absolute Gasteiger partial charge is 0.305 e. The lowest BCUT2D eigenvalue weighted by Gasteiger charge is -2.28. The molecule has 0 radical (unpaired) electrons. The normalized spacial score (nSPS) is 14.5. The predicted molar refractivity (Wildman–Crippen MR) is 420 cm³/mol. The van der Waals surface area contributed by atoms with Crippen LogP contribution in [0.15, 0.2) is 218 Å². The highest BCUT2D eigenvalue weighted by atomic mass is 32.2. The van der Waals surface area contributed by atoms with Crippen molar-refractivity contribution < 1.29 is 42.0 Å². The average Bonchev–Trinajstić information content (AvgIpc) is 1.28. The molecule has 15 nitrogen and oxygen atoms in total. The number of allylic oxidation sites excluding steroid dienone is 6. The van der Waals surface area contributed by atoms with Crippen LogP contribution >= 0.6 is 0 Å². The molecule has 102 heavy (non-hydrogen) atoms. The first-order chi connectivity index (χ1) is 49.0. The minimum atomic E-state index is -4.17. The Morgan fingerprint density at radius 3 is 1.72 bits per heavy atom. The van der Waals surface area contributed by atoms with Gasteiger partial charge in [-0.3, -0.25) is 28.7 Å². The van der Waals surface area contributed by atoms with Crippen LogP contribution in [-0.2, 0) is 63.3 Å². The molecule has 2 aliphatic rings. The van der Waals surface area contributed by atoms with Crippen LogP contribution < -0.4 is 31.8 Å². The van der Waals surface area contributed by atoms with E-state index in [2.05, 4.69) is 192 Å². The maximum atomic E-state index is 15.0. The van der Waals surface area contributed by atoms with Gasteiger partial charge in [0.15, 0.2) is 5.71 Å². The summed E-state index contributed by atoms with van der Waals surface area (Å²) in [5.74, 6) is -0.984. The number of amides is 3. The largest absolute Gasteiger partial charge is 0.449 e. The topological polar surface area (TPSA) is 195 Å². The Kier molecular flexibility index (Phi) is 25.2. The molecule has 528 valence electrons. The second-order valence-corrected chi connectivity index (χ2v) is 29.7. The van der Waals surface area contributed by atoms with E-state index < -0.39 is 15.5 Å². The Labute approximate surface area is 604 Å². The van der Waals surface area contributed by atoms with Gasteiger partial charge in [-0.2, -0.15) is 13.0 Å². The maximum absolute atomic E-state index is 15.0. The van der Waals surface area contributed by atoms with Gasteiger partial charge in [-0.15, -0.1) is 0 Å². The van der Waals surface area contributed by atoms with Crippen LogP contribution in [0.5, 0.6) is 0 Å². The third-order valence-corrected chi connectivity index (χ3v) is 20.8. The molecule has 2 aliphatic heterocycles. The molecule has 0 bridgehead atoms. The molecule has 0 unspecified atom stereocenters. The number of hydrogen-bond donors (Lipinski definition) is 6. The second kappa shape index (κ2) is 34.1. The SMILES string of the molecule is C=C(C)C(=O)NCCCN(Cc1ccccc1BO)Cc1c2ccccc2c(CN(CCCNC(=O)C(=C)C)Cc2ccccc2BO)c2cc(C(=O)NCc3ccc(C(=C\C=C4/N(CCCS(=O)(=O)O)c5ccccc5C4(C)C)/C=C/C4=[N+](CCCC)c5ccccc5C4(C)C)cc3)ccc12. The number of benzene rings is 8. The Hall–Kier alpha value is -9.26. The zero-order valence-corrected chi connectivity index (χ0v) is 61.1. The van der Waals surface area contributed by atoms with Crippen molar-refractivity contribution in [2.24, 2.45) is 0 Å². The van der Waals surface area contributed by atoms with Gasteiger partial charge in [-0.05, 0) is 154 Å². The summed E-state index contributed by atoms with van der Waals surface area (Å²) in [5.41, 5.74) is 16.0. The average molecular weight is 1390 g/mol. The van der Waals surface area contributed by atoms with Gasteiger partial charge in [-0.25, -0.2) is 0 Å². The van der Waals surface area contributed by atoms with E-state index >= 15 is 0 Å². The Balaban J connectivity index is 1.02. The van der Waals surface area contributed by atoms with Crippen molar-refractivity contribution in [1.29, 1.82) is 0 Å². The minimum Gasteiger partial charge on any atom is -0.449 e. The van der Waals surface area contributed by atoms with Gasteiger partial charge in [0.05, 0.1) is 11.2 Å². The zero-order valence-electron chi connectivity index (χ0n) is 60.3. The van der Waals surface area contributed by atoms with Gasteiger partial charge in [0.1, 0.15) is 6.54 Å². The van der Waals surface area contributed by atoms with Gasteiger partial charge in [0.2, 0.25) is 17.5 Å². The van der Waals surface area contributed by atoms with Gasteiger partial charge in [0.25, 0.3) is 16.0 Å². The number of carbonyl (C=O) groups excluding carboxylic acids is 3. The number of rotatable bonds is 34. The molecule has 6 N–H and O–H groups in total. The summed E-state index contributed by atoms with van der Waals surface area (Å²) >= 11 is 0. The molecule has 18 heteroatoms. The van der Waals surface area contributed by atoms with Crippen molar-refractivity contribution in [2.75, 3.05) is 49.9 Å². The van der Waals surface area contributed by atoms with E-state index in [1.165, 1.54) is 17.0 Å². The fourth-order valence-electron chi connectivity index (χ4n) is 14.4. The van der Waals surface area contributed by atoms with E-state index in [0.29, 0.717) is 88.5 Å². The molecule has 0 aliphatic carbocycles. The summed E-state index contributed by atoms with van der Waals surface area (Å²) in [4.78, 5) is 47.2. The lowest BCUT2D eigenvalue weighted by Crippen LogP contribution is -2.32. The summed E-state index contributed by atoms with van der Waals surface area (Å²) in [6, 6.07) is 55.4. The summed E-state index contributed by atoms with van der Waals surface area (Å²) in [7, 11) is -4.41. The number of para-hydroxylation sites is 2. The summed E-state index contributed by atoms with van der Waals surface area (Å²) < 4.78 is 36.2. The van der Waals surface area contributed by atoms with Crippen LogP contribution in [-0.4, -0.2) is 121 Å². The monoisotopic (exact) mass is 1390 g/mol. The number of anilines is 1. The lowest BCUT2D eigenvalue weighted by atomic mass is 9.81. The molecule has 0 saturated heterocycles. The van der Waals surface area contributed by atoms with Crippen molar-refractivity contribution >= 4 is 97.9 Å². The highest BCUT2D eigenvalue weighted by molar-refractivity contribution is 7.85. The molecular weight excluding hydrogens is 1290 g/mol. The highest BCUT2D eigenvalue weighted by Gasteiger charge is 2.44. The van der Waals surface area contributed by atoms with E-state index in [-0.39, 0.29) is 56.8 Å². The molecule has 0 fully saturated rings. The van der Waals surface area contributed by atoms with E-state index in [4.69, 9.17) is 0 Å². The van der Waals surface area contributed by atoms with Crippen LogP contribution in [0.2, 0.25) is 0 Å². The fourth-order valence-corrected chi connectivity index (χ4v) is 14.9. The molecule has 0 aromatic heterocycles. The number of unbranched alkanes of at least 4 members (excludes halogenated alkanes) is 1. The molecule has 0 atom stereocenters. The van der Waals surface area contributed by atoms with E-state index in [1.807, 2.05) is 78.9 Å². The van der Waals surface area contributed by atoms with Crippen LogP contribution in [0.3, 0.4) is 0 Å². The van der Waals surface area contributed by atoms with E-state index in [9.17, 15) is 37.4 Å². The number of carbonyl (C=O) groups is 3. The zero-order chi connectivity index (χ0) is 72.7. The standard InChI is InChI=1S/C84H97B2N7O8S/c1-10-11-49-92-76-33-20-16-29-72(76)83(6,7)78(92)43-40-62(41-44-79-84(8,9)73-30-17-21-34-77(73)93(79)50-24-51-102(99,100)101)61-37-35-60(36-38-61)53-89-82(96)63-39-42-68-69(52-63)71(57-91(48-23-46-88-81(95)59(4)5)55-65-26-13-19-32-75(65)86-98)67-28-15-14-27-66(67)70(68)56-90(47-22-45-87-80(94)58(2)3)54-64-25-12-18-31-74(64)85-97/h12-21,25-44,52,85-86,97-98H,2,4,10-11,22-24,45-51,53-57H2,1,3,5-9H3,(H3-,87,88,89,94,95,96,99,100,101)/p+1. The number of nitrogens with zero attached hydrogens (tertiary/aromatic N) is 4. The van der Waals surface area contributed by atoms with Crippen molar-refractivity contribution in [3.05, 3.63) is 268 Å². The van der Waals surface area contributed by atoms with E-state index in [1.54, 1.807) is 13.8 Å². The molecule has 8 aromatic carbocycles. The first-order valence-corrected chi connectivity index (χ1v) is 37.3. The van der Waals surface area contributed by atoms with Crippen molar-refractivity contribution in [3.63, 3.8) is 0 Å². The van der Waals surface area contributed by atoms with Crippen molar-refractivity contribution in [1.82, 2.24) is 25.8 Å². The third kappa shape index (κ3) is 18.1. The summed E-state index contributed by atoms with van der Waals surface area (Å²) in [6.45, 7) is 27.8. The van der Waals surface area contributed by atoms with Crippen molar-refractivity contribution in [3.8, 4) is 0 Å². The van der Waals surface area contributed by atoms with Crippen molar-refractivity contribution in [2.45, 2.75) is 124 Å². The van der Waals surface area contributed by atoms with Gasteiger partial charge >= 0.3 is 15.0 Å². The number of nitrogens with one attached hydrogen (secondary N) is 3. The third-order valence-electron chi connectivity index (χ3n) is 20.0. The molecule has 8 aromatic rings. The number of fused-ring (bicyclic) bond motifs is 4.